The Kier molecular flexibility index (Phi) is 5.24. The van der Waals surface area contributed by atoms with Gasteiger partial charge < -0.3 is 19.6 Å². The summed E-state index contributed by atoms with van der Waals surface area (Å²) < 4.78 is 17.5. The van der Waals surface area contributed by atoms with Crippen molar-refractivity contribution in [2.75, 3.05) is 6.54 Å². The Morgan fingerprint density at radius 3 is 2.96 bits per heavy atom. The first-order chi connectivity index (χ1) is 13.2. The number of hydrogen-bond donors (Lipinski definition) is 1. The second-order valence-corrected chi connectivity index (χ2v) is 7.58. The molecule has 0 radical (unpaired) electrons. The van der Waals surface area contributed by atoms with Gasteiger partial charge in [0.25, 0.3) is 0 Å². The van der Waals surface area contributed by atoms with Crippen LogP contribution in [0.2, 0.25) is 0 Å². The van der Waals surface area contributed by atoms with E-state index < -0.39 is 0 Å². The van der Waals surface area contributed by atoms with Gasteiger partial charge >= 0.3 is 0 Å². The Bertz CT molecular complexity index is 1010. The van der Waals surface area contributed by atoms with Gasteiger partial charge in [0.15, 0.2) is 6.29 Å². The Balaban J connectivity index is 1.60. The standard InChI is InChI=1S/C20H22N2O4S/c1-12-11-27-20(22-12)15-10-24-17-8-16-13(7-14(17)19(15)23)9-25-18(26-16)5-3-2-4-6-21/h7-8,10-11,18H,2-6,9,21H2,1H3/t18-/m0/s1. The molecule has 1 aliphatic heterocycles. The molecule has 7 heteroatoms. The normalized spacial score (nSPS) is 16.3. The number of aromatic nitrogens is 1. The Morgan fingerprint density at radius 1 is 1.30 bits per heavy atom. The van der Waals surface area contributed by atoms with Gasteiger partial charge in [0, 0.05) is 29.1 Å². The van der Waals surface area contributed by atoms with E-state index in [0.29, 0.717) is 34.7 Å². The number of fused-ring (bicyclic) bond motifs is 2. The monoisotopic (exact) mass is 386 g/mol. The highest BCUT2D eigenvalue weighted by Crippen LogP contribution is 2.32. The zero-order chi connectivity index (χ0) is 18.8. The average molecular weight is 386 g/mol. The first-order valence-corrected chi connectivity index (χ1v) is 10.0. The topological polar surface area (TPSA) is 87.6 Å². The lowest BCUT2D eigenvalue weighted by Crippen LogP contribution is -2.25. The van der Waals surface area contributed by atoms with E-state index in [-0.39, 0.29) is 11.7 Å². The molecule has 3 aromatic rings. The average Bonchev–Trinajstić information content (AvgIpc) is 3.10. The first kappa shape index (κ1) is 18.2. The molecule has 1 aromatic carbocycles. The van der Waals surface area contributed by atoms with Gasteiger partial charge in [-0.3, -0.25) is 4.79 Å². The van der Waals surface area contributed by atoms with E-state index in [4.69, 9.17) is 19.6 Å². The van der Waals surface area contributed by atoms with Gasteiger partial charge in [-0.15, -0.1) is 11.3 Å². The van der Waals surface area contributed by atoms with Crippen LogP contribution >= 0.6 is 11.3 Å². The van der Waals surface area contributed by atoms with E-state index in [2.05, 4.69) is 4.98 Å². The molecule has 4 rings (SSSR count). The Labute approximate surface area is 160 Å². The largest absolute Gasteiger partial charge is 0.464 e. The second kappa shape index (κ2) is 7.80. The number of aryl methyl sites for hydroxylation is 1. The van der Waals surface area contributed by atoms with E-state index in [9.17, 15) is 4.79 Å². The lowest BCUT2D eigenvalue weighted by atomic mass is 10.1. The van der Waals surface area contributed by atoms with E-state index in [1.165, 1.54) is 17.6 Å². The third-order valence-electron chi connectivity index (χ3n) is 4.63. The van der Waals surface area contributed by atoms with Crippen molar-refractivity contribution in [3.63, 3.8) is 0 Å². The van der Waals surface area contributed by atoms with Crippen molar-refractivity contribution in [2.24, 2.45) is 5.73 Å². The number of rotatable bonds is 6. The molecule has 0 fully saturated rings. The molecular formula is C20H22N2O4S. The smallest absolute Gasteiger partial charge is 0.202 e. The molecule has 0 amide bonds. The summed E-state index contributed by atoms with van der Waals surface area (Å²) in [6.07, 6.45) is 5.13. The van der Waals surface area contributed by atoms with E-state index >= 15 is 0 Å². The van der Waals surface area contributed by atoms with Gasteiger partial charge in [0.05, 0.1) is 17.6 Å². The van der Waals surface area contributed by atoms with Crippen molar-refractivity contribution in [3.8, 4) is 16.3 Å². The van der Waals surface area contributed by atoms with E-state index in [0.717, 1.165) is 42.7 Å². The minimum atomic E-state index is -0.267. The van der Waals surface area contributed by atoms with Crippen LogP contribution in [0, 0.1) is 6.92 Å². The highest BCUT2D eigenvalue weighted by atomic mass is 32.1. The van der Waals surface area contributed by atoms with Gasteiger partial charge in [-0.2, -0.15) is 0 Å². The van der Waals surface area contributed by atoms with Gasteiger partial charge in [0.1, 0.15) is 22.6 Å². The molecule has 2 aromatic heterocycles. The van der Waals surface area contributed by atoms with Gasteiger partial charge in [-0.05, 0) is 32.4 Å². The SMILES string of the molecule is Cc1csc(-c2coc3cc4c(cc3c2=O)CO[C@H](CCCCCN)O4)n1. The van der Waals surface area contributed by atoms with Crippen molar-refractivity contribution >= 4 is 22.3 Å². The summed E-state index contributed by atoms with van der Waals surface area (Å²) in [5.74, 6) is 0.721. The lowest BCUT2D eigenvalue weighted by Gasteiger charge is -2.26. The van der Waals surface area contributed by atoms with Gasteiger partial charge in [0.2, 0.25) is 5.43 Å². The number of nitrogens with zero attached hydrogens (tertiary/aromatic N) is 1. The van der Waals surface area contributed by atoms with E-state index in [1.54, 1.807) is 6.07 Å². The molecule has 2 N–H and O–H groups in total. The molecule has 0 aliphatic carbocycles. The molecule has 0 saturated carbocycles. The summed E-state index contributed by atoms with van der Waals surface area (Å²) in [6, 6.07) is 3.60. The quantitative estimate of drug-likeness (QED) is 0.645. The molecule has 1 aliphatic rings. The van der Waals surface area contributed by atoms with Crippen LogP contribution in [0.3, 0.4) is 0 Å². The van der Waals surface area contributed by atoms with Crippen LogP contribution in [0.25, 0.3) is 21.5 Å². The molecule has 0 unspecified atom stereocenters. The van der Waals surface area contributed by atoms with Gasteiger partial charge in [-0.25, -0.2) is 4.98 Å². The zero-order valence-electron chi connectivity index (χ0n) is 15.2. The summed E-state index contributed by atoms with van der Waals surface area (Å²) in [6.45, 7) is 3.04. The van der Waals surface area contributed by atoms with Gasteiger partial charge in [-0.1, -0.05) is 6.42 Å². The minimum Gasteiger partial charge on any atom is -0.464 e. The molecule has 27 heavy (non-hydrogen) atoms. The summed E-state index contributed by atoms with van der Waals surface area (Å²) in [5.41, 5.74) is 8.18. The fraction of sp³-hybridized carbons (Fsp3) is 0.400. The maximum atomic E-state index is 12.9. The number of thiazole rings is 1. The van der Waals surface area contributed by atoms with Crippen molar-refractivity contribution in [3.05, 3.63) is 45.3 Å². The number of benzene rings is 1. The predicted molar refractivity (Wildman–Crippen MR) is 105 cm³/mol. The minimum absolute atomic E-state index is 0.0858. The van der Waals surface area contributed by atoms with Crippen LogP contribution in [0.15, 0.2) is 33.0 Å². The fourth-order valence-corrected chi connectivity index (χ4v) is 3.98. The molecule has 0 bridgehead atoms. The number of unbranched alkanes of at least 4 members (excludes halogenated alkanes) is 2. The predicted octanol–water partition coefficient (Wildman–Crippen LogP) is 3.98. The second-order valence-electron chi connectivity index (χ2n) is 6.73. The van der Waals surface area contributed by atoms with Crippen molar-refractivity contribution < 1.29 is 13.9 Å². The summed E-state index contributed by atoms with van der Waals surface area (Å²) in [4.78, 5) is 17.3. The summed E-state index contributed by atoms with van der Waals surface area (Å²) in [7, 11) is 0. The molecule has 0 spiro atoms. The van der Waals surface area contributed by atoms with Crippen molar-refractivity contribution in [2.45, 2.75) is 45.5 Å². The number of hydrogen-bond acceptors (Lipinski definition) is 7. The van der Waals surface area contributed by atoms with Crippen LogP contribution in [0.5, 0.6) is 5.75 Å². The highest BCUT2D eigenvalue weighted by molar-refractivity contribution is 7.13. The molecule has 3 heterocycles. The Morgan fingerprint density at radius 2 is 2.19 bits per heavy atom. The molecule has 142 valence electrons. The van der Waals surface area contributed by atoms with Crippen LogP contribution in [0.4, 0.5) is 0 Å². The van der Waals surface area contributed by atoms with E-state index in [1.807, 2.05) is 18.4 Å². The number of nitrogens with two attached hydrogens (primary N) is 1. The molecule has 0 saturated heterocycles. The third kappa shape index (κ3) is 3.76. The fourth-order valence-electron chi connectivity index (χ4n) is 3.18. The van der Waals surface area contributed by atoms with Crippen LogP contribution in [0.1, 0.15) is 36.9 Å². The summed E-state index contributed by atoms with van der Waals surface area (Å²) >= 11 is 1.44. The third-order valence-corrected chi connectivity index (χ3v) is 5.63. The van der Waals surface area contributed by atoms with Crippen LogP contribution in [-0.2, 0) is 11.3 Å². The Hall–Kier alpha value is -2.22. The van der Waals surface area contributed by atoms with Crippen LogP contribution in [-0.4, -0.2) is 17.8 Å². The molecule has 6 nitrogen and oxygen atoms in total. The molecule has 1 atom stereocenters. The maximum Gasteiger partial charge on any atom is 0.202 e. The lowest BCUT2D eigenvalue weighted by molar-refractivity contribution is -0.112. The zero-order valence-corrected chi connectivity index (χ0v) is 16.0. The highest BCUT2D eigenvalue weighted by Gasteiger charge is 2.22. The number of ether oxygens (including phenoxy) is 2. The van der Waals surface area contributed by atoms with Crippen molar-refractivity contribution in [1.82, 2.24) is 4.98 Å². The van der Waals surface area contributed by atoms with Crippen LogP contribution < -0.4 is 15.9 Å². The summed E-state index contributed by atoms with van der Waals surface area (Å²) in [5, 5.41) is 3.11. The maximum absolute atomic E-state index is 12.9. The van der Waals surface area contributed by atoms with Crippen molar-refractivity contribution in [1.29, 1.82) is 0 Å². The molecular weight excluding hydrogens is 364 g/mol. The first-order valence-electron chi connectivity index (χ1n) is 9.15.